The van der Waals surface area contributed by atoms with Crippen LogP contribution < -0.4 is 5.32 Å². The van der Waals surface area contributed by atoms with Crippen molar-refractivity contribution in [2.24, 2.45) is 0 Å². The first-order chi connectivity index (χ1) is 11.2. The van der Waals surface area contributed by atoms with Crippen LogP contribution in [0.5, 0.6) is 5.75 Å². The Hall–Kier alpha value is -2.08. The molecule has 2 unspecified atom stereocenters. The Morgan fingerprint density at radius 3 is 2.83 bits per heavy atom. The van der Waals surface area contributed by atoms with Crippen molar-refractivity contribution in [3.63, 3.8) is 0 Å². The second-order valence-electron chi connectivity index (χ2n) is 6.05. The van der Waals surface area contributed by atoms with Gasteiger partial charge < -0.3 is 20.1 Å². The molecule has 2 aliphatic rings. The number of carbonyl (C=O) groups is 2. The van der Waals surface area contributed by atoms with Crippen LogP contribution in [-0.4, -0.2) is 53.7 Å². The van der Waals surface area contributed by atoms with Gasteiger partial charge in [-0.15, -0.1) is 0 Å². The van der Waals surface area contributed by atoms with Crippen LogP contribution in [0.4, 0.5) is 0 Å². The number of rotatable bonds is 4. The molecular formula is C17H22N2O4. The highest BCUT2D eigenvalue weighted by atomic mass is 16.5. The molecule has 124 valence electrons. The van der Waals surface area contributed by atoms with Crippen LogP contribution in [0.2, 0.25) is 0 Å². The lowest BCUT2D eigenvalue weighted by Crippen LogP contribution is -2.47. The summed E-state index contributed by atoms with van der Waals surface area (Å²) in [6, 6.07) is 5.97. The lowest BCUT2D eigenvalue weighted by Gasteiger charge is -2.24. The van der Waals surface area contributed by atoms with E-state index in [2.05, 4.69) is 5.32 Å². The number of hydrogen-bond acceptors (Lipinski definition) is 4. The van der Waals surface area contributed by atoms with Gasteiger partial charge in [-0.05, 0) is 37.8 Å². The van der Waals surface area contributed by atoms with Gasteiger partial charge in [0.25, 0.3) is 5.91 Å². The van der Waals surface area contributed by atoms with E-state index in [0.29, 0.717) is 19.5 Å². The van der Waals surface area contributed by atoms with Crippen LogP contribution in [0.3, 0.4) is 0 Å². The number of phenolic OH excluding ortho intramolecular Hbond substituents is 1. The number of hydrogen-bond donors (Lipinski definition) is 2. The lowest BCUT2D eigenvalue weighted by molar-refractivity contribution is -0.125. The summed E-state index contributed by atoms with van der Waals surface area (Å²) in [5.41, 5.74) is 0.242. The number of likely N-dealkylation sites (tertiary alicyclic amines) is 1. The van der Waals surface area contributed by atoms with Crippen LogP contribution in [0, 0.1) is 0 Å². The fourth-order valence-corrected chi connectivity index (χ4v) is 3.23. The molecule has 1 aromatic rings. The Morgan fingerprint density at radius 2 is 2.09 bits per heavy atom. The molecule has 2 fully saturated rings. The smallest absolute Gasteiger partial charge is 0.258 e. The molecule has 0 aromatic heterocycles. The van der Waals surface area contributed by atoms with Crippen molar-refractivity contribution in [1.82, 2.24) is 10.2 Å². The SMILES string of the molecule is O=C(NCC1CCCO1)C1CCCN1C(=O)c1ccccc1O. The summed E-state index contributed by atoms with van der Waals surface area (Å²) in [7, 11) is 0. The molecule has 6 nitrogen and oxygen atoms in total. The Bertz CT molecular complexity index is 584. The normalized spacial score (nSPS) is 23.9. The maximum Gasteiger partial charge on any atom is 0.258 e. The molecule has 2 aliphatic heterocycles. The average Bonchev–Trinajstić information content (AvgIpc) is 3.24. The first kappa shape index (κ1) is 15.8. The highest BCUT2D eigenvalue weighted by molar-refractivity contribution is 5.99. The summed E-state index contributed by atoms with van der Waals surface area (Å²) in [5.74, 6) is -0.484. The van der Waals surface area contributed by atoms with Gasteiger partial charge in [-0.1, -0.05) is 12.1 Å². The quantitative estimate of drug-likeness (QED) is 0.877. The van der Waals surface area contributed by atoms with E-state index in [-0.39, 0.29) is 29.2 Å². The third-order valence-electron chi connectivity index (χ3n) is 4.48. The van der Waals surface area contributed by atoms with Crippen LogP contribution in [0.25, 0.3) is 0 Å². The van der Waals surface area contributed by atoms with Gasteiger partial charge in [0.15, 0.2) is 0 Å². The van der Waals surface area contributed by atoms with E-state index in [1.807, 2.05) is 0 Å². The Kier molecular flexibility index (Phi) is 4.81. The summed E-state index contributed by atoms with van der Waals surface area (Å²) < 4.78 is 5.50. The molecule has 0 radical (unpaired) electrons. The van der Waals surface area contributed by atoms with Crippen molar-refractivity contribution >= 4 is 11.8 Å². The topological polar surface area (TPSA) is 78.9 Å². The maximum atomic E-state index is 12.6. The summed E-state index contributed by atoms with van der Waals surface area (Å²) in [5, 5.41) is 12.7. The average molecular weight is 318 g/mol. The van der Waals surface area contributed by atoms with E-state index in [0.717, 1.165) is 25.9 Å². The summed E-state index contributed by atoms with van der Waals surface area (Å²) in [6.45, 7) is 1.78. The minimum atomic E-state index is -0.469. The molecule has 23 heavy (non-hydrogen) atoms. The van der Waals surface area contributed by atoms with E-state index < -0.39 is 6.04 Å². The molecule has 2 N–H and O–H groups in total. The molecule has 2 heterocycles. The maximum absolute atomic E-state index is 12.6. The second kappa shape index (κ2) is 7.00. The Morgan fingerprint density at radius 1 is 1.26 bits per heavy atom. The predicted octanol–water partition coefficient (Wildman–Crippen LogP) is 1.29. The second-order valence-corrected chi connectivity index (χ2v) is 6.05. The lowest BCUT2D eigenvalue weighted by atomic mass is 10.1. The number of phenols is 1. The van der Waals surface area contributed by atoms with E-state index >= 15 is 0 Å². The number of aromatic hydroxyl groups is 1. The van der Waals surface area contributed by atoms with E-state index in [1.54, 1.807) is 23.1 Å². The van der Waals surface area contributed by atoms with Gasteiger partial charge in [-0.25, -0.2) is 0 Å². The summed E-state index contributed by atoms with van der Waals surface area (Å²) in [6.07, 6.45) is 3.52. The minimum absolute atomic E-state index is 0.0529. The summed E-state index contributed by atoms with van der Waals surface area (Å²) in [4.78, 5) is 26.6. The van der Waals surface area contributed by atoms with Crippen molar-refractivity contribution in [3.05, 3.63) is 29.8 Å². The third-order valence-corrected chi connectivity index (χ3v) is 4.48. The number of carbonyl (C=O) groups excluding carboxylic acids is 2. The van der Waals surface area contributed by atoms with Crippen molar-refractivity contribution in [2.45, 2.75) is 37.8 Å². The van der Waals surface area contributed by atoms with E-state index in [4.69, 9.17) is 4.74 Å². The number of para-hydroxylation sites is 1. The zero-order valence-corrected chi connectivity index (χ0v) is 13.0. The molecule has 3 rings (SSSR count). The van der Waals surface area contributed by atoms with Gasteiger partial charge in [-0.3, -0.25) is 9.59 Å². The number of amides is 2. The zero-order chi connectivity index (χ0) is 16.2. The van der Waals surface area contributed by atoms with Crippen LogP contribution in [0.15, 0.2) is 24.3 Å². The summed E-state index contributed by atoms with van der Waals surface area (Å²) >= 11 is 0. The number of benzene rings is 1. The molecule has 1 aromatic carbocycles. The van der Waals surface area contributed by atoms with Gasteiger partial charge in [0.1, 0.15) is 11.8 Å². The van der Waals surface area contributed by atoms with Crippen LogP contribution in [-0.2, 0) is 9.53 Å². The predicted molar refractivity (Wildman–Crippen MR) is 84.1 cm³/mol. The van der Waals surface area contributed by atoms with Gasteiger partial charge in [0.2, 0.25) is 5.91 Å². The number of nitrogens with one attached hydrogen (secondary N) is 1. The number of ether oxygens (including phenoxy) is 1. The first-order valence-electron chi connectivity index (χ1n) is 8.15. The van der Waals surface area contributed by atoms with Crippen molar-refractivity contribution in [3.8, 4) is 5.75 Å². The molecule has 6 heteroatoms. The monoisotopic (exact) mass is 318 g/mol. The van der Waals surface area contributed by atoms with Crippen molar-refractivity contribution in [1.29, 1.82) is 0 Å². The standard InChI is InChI=1S/C17H22N2O4/c20-15-8-2-1-6-13(15)17(22)19-9-3-7-14(19)16(21)18-11-12-5-4-10-23-12/h1-2,6,8,12,14,20H,3-5,7,9-11H2,(H,18,21). The van der Waals surface area contributed by atoms with Gasteiger partial charge >= 0.3 is 0 Å². The molecule has 0 bridgehead atoms. The fourth-order valence-electron chi connectivity index (χ4n) is 3.23. The molecule has 2 saturated heterocycles. The highest BCUT2D eigenvalue weighted by Gasteiger charge is 2.35. The third kappa shape index (κ3) is 3.47. The van der Waals surface area contributed by atoms with E-state index in [1.165, 1.54) is 6.07 Å². The van der Waals surface area contributed by atoms with Gasteiger partial charge in [-0.2, -0.15) is 0 Å². The van der Waals surface area contributed by atoms with E-state index in [9.17, 15) is 14.7 Å². The molecule has 2 atom stereocenters. The molecule has 0 spiro atoms. The van der Waals surface area contributed by atoms with Crippen molar-refractivity contribution in [2.75, 3.05) is 19.7 Å². The van der Waals surface area contributed by atoms with Crippen LogP contribution in [0.1, 0.15) is 36.0 Å². The van der Waals surface area contributed by atoms with Gasteiger partial charge in [0, 0.05) is 19.7 Å². The van der Waals surface area contributed by atoms with Crippen molar-refractivity contribution < 1.29 is 19.4 Å². The van der Waals surface area contributed by atoms with Crippen LogP contribution >= 0.6 is 0 Å². The zero-order valence-electron chi connectivity index (χ0n) is 13.0. The molecule has 0 aliphatic carbocycles. The fraction of sp³-hybridized carbons (Fsp3) is 0.529. The number of nitrogens with zero attached hydrogens (tertiary/aromatic N) is 1. The molecular weight excluding hydrogens is 296 g/mol. The largest absolute Gasteiger partial charge is 0.507 e. The molecule has 0 saturated carbocycles. The van der Waals surface area contributed by atoms with Gasteiger partial charge in [0.05, 0.1) is 11.7 Å². The first-order valence-corrected chi connectivity index (χ1v) is 8.15. The molecule has 2 amide bonds. The Labute approximate surface area is 135 Å². The minimum Gasteiger partial charge on any atom is -0.507 e. The highest BCUT2D eigenvalue weighted by Crippen LogP contribution is 2.24. The Balaban J connectivity index is 1.63.